The van der Waals surface area contributed by atoms with E-state index in [1.165, 1.54) is 10.7 Å². The normalized spacial score (nSPS) is 10.5. The number of carboxylic acids is 1. The smallest absolute Gasteiger partial charge is 0.337 e. The molecule has 2 rings (SSSR count). The van der Waals surface area contributed by atoms with E-state index in [0.717, 1.165) is 0 Å². The van der Waals surface area contributed by atoms with Gasteiger partial charge >= 0.3 is 5.97 Å². The zero-order valence-corrected chi connectivity index (χ0v) is 14.3. The lowest BCUT2D eigenvalue weighted by molar-refractivity contribution is 0.0698. The molecule has 110 valence electrons. The summed E-state index contributed by atoms with van der Waals surface area (Å²) >= 11 is 6.48. The number of aryl methyl sites for hydroxylation is 2. The SMILES string of the molecule is Cc1cc(C(=O)Nc2c(Br)cc(Br)cc2C(=O)O)n(C)n1. The van der Waals surface area contributed by atoms with E-state index in [9.17, 15) is 14.7 Å². The number of hydrogen-bond donors (Lipinski definition) is 2. The third-order valence-corrected chi connectivity index (χ3v) is 3.84. The Balaban J connectivity index is 2.42. The van der Waals surface area contributed by atoms with Gasteiger partial charge in [-0.1, -0.05) is 15.9 Å². The van der Waals surface area contributed by atoms with E-state index in [2.05, 4.69) is 42.3 Å². The van der Waals surface area contributed by atoms with Gasteiger partial charge in [0.2, 0.25) is 0 Å². The molecule has 0 saturated heterocycles. The molecule has 0 aliphatic carbocycles. The molecule has 1 amide bonds. The predicted octanol–water partition coefficient (Wildman–Crippen LogP) is 3.20. The van der Waals surface area contributed by atoms with Gasteiger partial charge in [-0.15, -0.1) is 0 Å². The molecule has 2 N–H and O–H groups in total. The molecule has 0 bridgehead atoms. The minimum atomic E-state index is -1.13. The van der Waals surface area contributed by atoms with E-state index in [1.807, 2.05) is 0 Å². The Labute approximate surface area is 137 Å². The highest BCUT2D eigenvalue weighted by molar-refractivity contribution is 9.11. The summed E-state index contributed by atoms with van der Waals surface area (Å²) < 4.78 is 2.51. The molecule has 0 atom stereocenters. The molecule has 0 aliphatic heterocycles. The Morgan fingerprint density at radius 2 is 1.95 bits per heavy atom. The molecule has 0 aliphatic rings. The molecular weight excluding hydrogens is 406 g/mol. The first-order valence-corrected chi connectivity index (χ1v) is 7.42. The van der Waals surface area contributed by atoms with Crippen LogP contribution in [0.25, 0.3) is 0 Å². The number of carbonyl (C=O) groups is 2. The number of benzene rings is 1. The second-order valence-corrected chi connectivity index (χ2v) is 6.13. The van der Waals surface area contributed by atoms with Crippen molar-refractivity contribution in [2.75, 3.05) is 5.32 Å². The van der Waals surface area contributed by atoms with Crippen LogP contribution in [0.3, 0.4) is 0 Å². The lowest BCUT2D eigenvalue weighted by Gasteiger charge is -2.11. The Morgan fingerprint density at radius 3 is 2.48 bits per heavy atom. The van der Waals surface area contributed by atoms with Crippen LogP contribution in [0.2, 0.25) is 0 Å². The van der Waals surface area contributed by atoms with Crippen molar-refractivity contribution in [3.8, 4) is 0 Å². The highest BCUT2D eigenvalue weighted by Gasteiger charge is 2.19. The van der Waals surface area contributed by atoms with Gasteiger partial charge in [0.05, 0.1) is 16.9 Å². The number of rotatable bonds is 3. The molecule has 21 heavy (non-hydrogen) atoms. The van der Waals surface area contributed by atoms with Crippen molar-refractivity contribution < 1.29 is 14.7 Å². The van der Waals surface area contributed by atoms with Crippen molar-refractivity contribution in [3.05, 3.63) is 44.1 Å². The summed E-state index contributed by atoms with van der Waals surface area (Å²) in [5.74, 6) is -1.56. The van der Waals surface area contributed by atoms with Crippen LogP contribution in [-0.2, 0) is 7.05 Å². The van der Waals surface area contributed by atoms with Gasteiger partial charge in [0.1, 0.15) is 5.69 Å². The monoisotopic (exact) mass is 415 g/mol. The molecule has 0 radical (unpaired) electrons. The molecule has 0 spiro atoms. The van der Waals surface area contributed by atoms with Crippen molar-refractivity contribution >= 4 is 49.4 Å². The maximum absolute atomic E-state index is 12.3. The Hall–Kier alpha value is -1.67. The fourth-order valence-corrected chi connectivity index (χ4v) is 3.19. The molecule has 0 fully saturated rings. The first-order valence-electron chi connectivity index (χ1n) is 5.84. The third-order valence-electron chi connectivity index (χ3n) is 2.76. The summed E-state index contributed by atoms with van der Waals surface area (Å²) in [5.41, 5.74) is 1.24. The molecule has 1 heterocycles. The highest BCUT2D eigenvalue weighted by Crippen LogP contribution is 2.31. The second-order valence-electron chi connectivity index (χ2n) is 4.36. The molecule has 8 heteroatoms. The van der Waals surface area contributed by atoms with Crippen molar-refractivity contribution in [1.82, 2.24) is 9.78 Å². The fraction of sp³-hybridized carbons (Fsp3) is 0.154. The van der Waals surface area contributed by atoms with Crippen molar-refractivity contribution in [3.63, 3.8) is 0 Å². The van der Waals surface area contributed by atoms with Gasteiger partial charge in [-0.2, -0.15) is 5.10 Å². The van der Waals surface area contributed by atoms with Crippen molar-refractivity contribution in [2.24, 2.45) is 7.05 Å². The van der Waals surface area contributed by atoms with E-state index in [-0.39, 0.29) is 11.3 Å². The van der Waals surface area contributed by atoms with Crippen LogP contribution >= 0.6 is 31.9 Å². The van der Waals surface area contributed by atoms with Crippen molar-refractivity contribution in [2.45, 2.75) is 6.92 Å². The summed E-state index contributed by atoms with van der Waals surface area (Å²) in [7, 11) is 1.65. The molecule has 0 saturated carbocycles. The zero-order valence-electron chi connectivity index (χ0n) is 11.1. The Morgan fingerprint density at radius 1 is 1.29 bits per heavy atom. The minimum absolute atomic E-state index is 0.0107. The van der Waals surface area contributed by atoms with E-state index < -0.39 is 11.9 Å². The maximum Gasteiger partial charge on any atom is 0.337 e. The molecule has 0 unspecified atom stereocenters. The molecular formula is C13H11Br2N3O3. The molecule has 6 nitrogen and oxygen atoms in total. The van der Waals surface area contributed by atoms with Gasteiger partial charge < -0.3 is 10.4 Å². The minimum Gasteiger partial charge on any atom is -0.478 e. The number of aromatic carboxylic acids is 1. The zero-order chi connectivity index (χ0) is 15.7. The largest absolute Gasteiger partial charge is 0.478 e. The topological polar surface area (TPSA) is 84.2 Å². The van der Waals surface area contributed by atoms with Crippen LogP contribution in [-0.4, -0.2) is 26.8 Å². The van der Waals surface area contributed by atoms with Crippen LogP contribution in [0.1, 0.15) is 26.5 Å². The Bertz CT molecular complexity index is 741. The second kappa shape index (κ2) is 5.98. The van der Waals surface area contributed by atoms with E-state index in [4.69, 9.17) is 0 Å². The lowest BCUT2D eigenvalue weighted by atomic mass is 10.1. The number of carboxylic acid groups (broad SMARTS) is 1. The summed E-state index contributed by atoms with van der Waals surface area (Å²) in [6, 6.07) is 4.72. The van der Waals surface area contributed by atoms with Crippen LogP contribution in [0.5, 0.6) is 0 Å². The first kappa shape index (κ1) is 15.7. The van der Waals surface area contributed by atoms with Gasteiger partial charge in [0, 0.05) is 16.0 Å². The number of aromatic nitrogens is 2. The average molecular weight is 417 g/mol. The van der Waals surface area contributed by atoms with Crippen molar-refractivity contribution in [1.29, 1.82) is 0 Å². The summed E-state index contributed by atoms with van der Waals surface area (Å²) in [4.78, 5) is 23.6. The number of anilines is 1. The summed E-state index contributed by atoms with van der Waals surface area (Å²) in [5, 5.41) is 15.9. The summed E-state index contributed by atoms with van der Waals surface area (Å²) in [6.45, 7) is 1.77. The number of hydrogen-bond acceptors (Lipinski definition) is 3. The standard InChI is InChI=1S/C13H11Br2N3O3/c1-6-3-10(18(2)17-6)12(19)16-11-8(13(20)21)4-7(14)5-9(11)15/h3-5H,1-2H3,(H,16,19)(H,20,21). The number of nitrogens with zero attached hydrogens (tertiary/aromatic N) is 2. The Kier molecular flexibility index (Phi) is 4.48. The number of carbonyl (C=O) groups excluding carboxylic acids is 1. The fourth-order valence-electron chi connectivity index (χ4n) is 1.87. The molecule has 2 aromatic rings. The van der Waals surface area contributed by atoms with E-state index in [0.29, 0.717) is 20.3 Å². The van der Waals surface area contributed by atoms with Crippen LogP contribution in [0.15, 0.2) is 27.1 Å². The van der Waals surface area contributed by atoms with Gasteiger partial charge in [-0.05, 0) is 41.1 Å². The van der Waals surface area contributed by atoms with Gasteiger partial charge in [-0.3, -0.25) is 9.48 Å². The summed E-state index contributed by atoms with van der Waals surface area (Å²) in [6.07, 6.45) is 0. The third kappa shape index (κ3) is 3.33. The van der Waals surface area contributed by atoms with Gasteiger partial charge in [0.25, 0.3) is 5.91 Å². The average Bonchev–Trinajstić information content (AvgIpc) is 2.71. The maximum atomic E-state index is 12.3. The highest BCUT2D eigenvalue weighted by atomic mass is 79.9. The van der Waals surface area contributed by atoms with Crippen LogP contribution < -0.4 is 5.32 Å². The predicted molar refractivity (Wildman–Crippen MR) is 84.7 cm³/mol. The van der Waals surface area contributed by atoms with E-state index in [1.54, 1.807) is 26.1 Å². The first-order chi connectivity index (χ1) is 9.79. The van der Waals surface area contributed by atoms with Gasteiger partial charge in [-0.25, -0.2) is 4.79 Å². The molecule has 1 aromatic heterocycles. The van der Waals surface area contributed by atoms with E-state index >= 15 is 0 Å². The van der Waals surface area contributed by atoms with Crippen LogP contribution in [0, 0.1) is 6.92 Å². The number of amides is 1. The van der Waals surface area contributed by atoms with Crippen LogP contribution in [0.4, 0.5) is 5.69 Å². The number of halogens is 2. The van der Waals surface area contributed by atoms with Gasteiger partial charge in [0.15, 0.2) is 0 Å². The number of nitrogens with one attached hydrogen (secondary N) is 1. The quantitative estimate of drug-likeness (QED) is 0.804. The molecule has 1 aromatic carbocycles. The lowest BCUT2D eigenvalue weighted by Crippen LogP contribution is -2.18.